The maximum atomic E-state index is 12.6. The fourth-order valence-corrected chi connectivity index (χ4v) is 4.06. The number of nitrogens with zero attached hydrogens (tertiary/aromatic N) is 1. The Morgan fingerprint density at radius 3 is 2.43 bits per heavy atom. The molecule has 0 spiro atoms. The molecule has 0 saturated heterocycles. The molecule has 0 saturated carbocycles. The van der Waals surface area contributed by atoms with E-state index < -0.39 is 21.4 Å². The van der Waals surface area contributed by atoms with Gasteiger partial charge in [-0.25, -0.2) is 13.6 Å². The van der Waals surface area contributed by atoms with Crippen LogP contribution in [0, 0.1) is 0 Å². The molecule has 0 aliphatic rings. The predicted molar refractivity (Wildman–Crippen MR) is 112 cm³/mol. The van der Waals surface area contributed by atoms with Crippen LogP contribution < -0.4 is 10.5 Å². The number of amides is 1. The Morgan fingerprint density at radius 2 is 1.82 bits per heavy atom. The van der Waals surface area contributed by atoms with Crippen molar-refractivity contribution in [3.05, 3.63) is 69.3 Å². The smallest absolute Gasteiger partial charge is 0.415 e. The maximum absolute atomic E-state index is 12.6. The van der Waals surface area contributed by atoms with Crippen LogP contribution >= 0.6 is 34.8 Å². The second kappa shape index (κ2) is 8.05. The lowest BCUT2D eigenvalue weighted by Gasteiger charge is -2.12. The van der Waals surface area contributed by atoms with E-state index in [1.165, 1.54) is 23.0 Å². The number of carbonyl (C=O) groups excluding carboxylic acids is 1. The molecule has 1 atom stereocenters. The van der Waals surface area contributed by atoms with E-state index in [0.29, 0.717) is 31.9 Å². The first-order valence-corrected chi connectivity index (χ1v) is 10.7. The molecule has 0 fully saturated rings. The topological polar surface area (TPSA) is 81.3 Å². The average Bonchev–Trinajstić information content (AvgIpc) is 3.05. The van der Waals surface area contributed by atoms with Gasteiger partial charge in [0, 0.05) is 10.5 Å². The molecule has 146 valence electrons. The van der Waals surface area contributed by atoms with Crippen molar-refractivity contribution in [3.8, 4) is 16.9 Å². The van der Waals surface area contributed by atoms with Crippen molar-refractivity contribution < 1.29 is 13.4 Å². The Labute approximate surface area is 175 Å². The van der Waals surface area contributed by atoms with Gasteiger partial charge >= 0.3 is 5.76 Å². The summed E-state index contributed by atoms with van der Waals surface area (Å²) in [5.41, 5.74) is 1.54. The number of oxazole rings is 1. The van der Waals surface area contributed by atoms with Crippen LogP contribution in [0.25, 0.3) is 16.9 Å². The van der Waals surface area contributed by atoms with Crippen molar-refractivity contribution >= 4 is 56.3 Å². The van der Waals surface area contributed by atoms with Gasteiger partial charge in [0.15, 0.2) is 0 Å². The molecule has 1 aromatic heterocycles. The van der Waals surface area contributed by atoms with Gasteiger partial charge < -0.3 is 4.42 Å². The van der Waals surface area contributed by atoms with Gasteiger partial charge in [0.1, 0.15) is 12.1 Å². The molecule has 10 heteroatoms. The lowest BCUT2D eigenvalue weighted by atomic mass is 10.1. The highest BCUT2D eigenvalue weighted by Gasteiger charge is 2.16. The molecular weight excluding hydrogens is 447 g/mol. The number of halogens is 3. The van der Waals surface area contributed by atoms with Crippen LogP contribution in [0.1, 0.15) is 0 Å². The number of hydrogen-bond donors (Lipinski definition) is 1. The van der Waals surface area contributed by atoms with E-state index in [1.807, 2.05) is 0 Å². The summed E-state index contributed by atoms with van der Waals surface area (Å²) in [6, 6.07) is 11.1. The van der Waals surface area contributed by atoms with Crippen LogP contribution in [0.2, 0.25) is 10.0 Å². The zero-order valence-electron chi connectivity index (χ0n) is 14.2. The van der Waals surface area contributed by atoms with Gasteiger partial charge in [-0.05, 0) is 36.2 Å². The van der Waals surface area contributed by atoms with Crippen molar-refractivity contribution in [3.63, 3.8) is 0 Å². The fraction of sp³-hybridized carbons (Fsp3) is 0.0556. The highest BCUT2D eigenvalue weighted by Crippen LogP contribution is 2.28. The molecule has 6 nitrogen and oxygen atoms in total. The second-order valence-electron chi connectivity index (χ2n) is 5.68. The fourth-order valence-electron chi connectivity index (χ4n) is 2.49. The number of aromatic nitrogens is 1. The van der Waals surface area contributed by atoms with E-state index in [1.54, 1.807) is 30.3 Å². The average molecular weight is 460 g/mol. The second-order valence-corrected chi connectivity index (χ2v) is 8.79. The summed E-state index contributed by atoms with van der Waals surface area (Å²) in [6.07, 6.45) is 1.30. The van der Waals surface area contributed by atoms with Crippen molar-refractivity contribution in [2.45, 2.75) is 4.90 Å². The number of carbonyl (C=O) groups is 1. The minimum absolute atomic E-state index is 0.292. The van der Waals surface area contributed by atoms with Crippen molar-refractivity contribution in [1.29, 1.82) is 0 Å². The van der Waals surface area contributed by atoms with Gasteiger partial charge in [-0.15, -0.1) is 11.6 Å². The quantitative estimate of drug-likeness (QED) is 0.465. The minimum atomic E-state index is -3.05. The molecule has 2 aromatic carbocycles. The first kappa shape index (κ1) is 20.5. The number of hydrogen-bond acceptors (Lipinski definition) is 4. The Balaban J connectivity index is 2.01. The predicted octanol–water partition coefficient (Wildman–Crippen LogP) is 3.75. The third-order valence-electron chi connectivity index (χ3n) is 3.79. The summed E-state index contributed by atoms with van der Waals surface area (Å²) in [4.78, 5) is 23.9. The molecule has 0 aliphatic heterocycles. The zero-order valence-corrected chi connectivity index (χ0v) is 17.2. The highest BCUT2D eigenvalue weighted by molar-refractivity contribution is 7.99. The van der Waals surface area contributed by atoms with E-state index in [4.69, 9.17) is 39.2 Å². The number of nitrogens with one attached hydrogen (secondary N) is 1. The van der Waals surface area contributed by atoms with Gasteiger partial charge in [-0.3, -0.25) is 9.52 Å². The molecule has 3 rings (SSSR count). The van der Waals surface area contributed by atoms with E-state index in [-0.39, 0.29) is 5.88 Å². The van der Waals surface area contributed by atoms with Crippen LogP contribution in [-0.2, 0) is 14.5 Å². The van der Waals surface area contributed by atoms with Crippen molar-refractivity contribution in [2.24, 2.45) is 0 Å². The van der Waals surface area contributed by atoms with Crippen LogP contribution in [0.4, 0.5) is 0 Å². The van der Waals surface area contributed by atoms with Gasteiger partial charge in [0.2, 0.25) is 5.91 Å². The highest BCUT2D eigenvalue weighted by atomic mass is 35.5. The molecule has 0 bridgehead atoms. The normalized spacial score (nSPS) is 13.1. The SMILES string of the molecule is C=S(=O)(NC(=O)CCl)c1ccc(-c2coc(=O)n2-c2ccc(Cl)c(Cl)c2)cc1. The summed E-state index contributed by atoms with van der Waals surface area (Å²) in [5.74, 6) is 2.04. The van der Waals surface area contributed by atoms with Gasteiger partial charge in [-0.2, -0.15) is 0 Å². The largest absolute Gasteiger partial charge is 0.424 e. The minimum Gasteiger partial charge on any atom is -0.415 e. The van der Waals surface area contributed by atoms with E-state index in [0.717, 1.165) is 0 Å². The summed E-state index contributed by atoms with van der Waals surface area (Å²) < 4.78 is 21.2. The summed E-state index contributed by atoms with van der Waals surface area (Å²) >= 11 is 17.4. The number of benzene rings is 2. The molecule has 1 amide bonds. The lowest BCUT2D eigenvalue weighted by molar-refractivity contribution is -0.116. The van der Waals surface area contributed by atoms with Crippen molar-refractivity contribution in [1.82, 2.24) is 9.29 Å². The lowest BCUT2D eigenvalue weighted by Crippen LogP contribution is -2.31. The third-order valence-corrected chi connectivity index (χ3v) is 6.36. The molecular formula is C18H13Cl3N2O4S. The standard InChI is InChI=1S/C18H13Cl3N2O4S/c1-28(26,22-17(24)9-19)13-5-2-11(3-6-13)16-10-27-18(25)23(16)12-4-7-14(20)15(21)8-12/h2-8,10H,1,9H2,(H,22,24,26). The van der Waals surface area contributed by atoms with Crippen molar-refractivity contribution in [2.75, 3.05) is 5.88 Å². The van der Waals surface area contributed by atoms with Crippen LogP contribution in [0.5, 0.6) is 0 Å². The summed E-state index contributed by atoms with van der Waals surface area (Å²) in [5, 5.41) is 0.650. The van der Waals surface area contributed by atoms with Crippen LogP contribution in [0.3, 0.4) is 0 Å². The maximum Gasteiger partial charge on any atom is 0.424 e. The molecule has 0 radical (unpaired) electrons. The molecule has 1 N–H and O–H groups in total. The third kappa shape index (κ3) is 4.12. The monoisotopic (exact) mass is 458 g/mol. The first-order chi connectivity index (χ1) is 13.2. The number of rotatable bonds is 5. The van der Waals surface area contributed by atoms with E-state index in [2.05, 4.69) is 10.6 Å². The molecule has 28 heavy (non-hydrogen) atoms. The Morgan fingerprint density at radius 1 is 1.14 bits per heavy atom. The number of alkyl halides is 1. The Hall–Kier alpha value is -2.19. The summed E-state index contributed by atoms with van der Waals surface area (Å²) in [7, 11) is -3.05. The van der Waals surface area contributed by atoms with Crippen LogP contribution in [0.15, 0.2) is 62.8 Å². The first-order valence-electron chi connectivity index (χ1n) is 7.73. The Bertz CT molecular complexity index is 1200. The van der Waals surface area contributed by atoms with E-state index >= 15 is 0 Å². The molecule has 1 unspecified atom stereocenters. The Kier molecular flexibility index (Phi) is 5.90. The van der Waals surface area contributed by atoms with Crippen LogP contribution in [-0.4, -0.2) is 26.4 Å². The van der Waals surface area contributed by atoms with Gasteiger partial charge in [0.05, 0.1) is 31.1 Å². The summed E-state index contributed by atoms with van der Waals surface area (Å²) in [6.45, 7) is 0. The zero-order chi connectivity index (χ0) is 20.5. The molecule has 3 aromatic rings. The molecule has 0 aliphatic carbocycles. The van der Waals surface area contributed by atoms with Gasteiger partial charge in [-0.1, -0.05) is 35.3 Å². The van der Waals surface area contributed by atoms with E-state index in [9.17, 15) is 13.8 Å². The van der Waals surface area contributed by atoms with Gasteiger partial charge in [0.25, 0.3) is 0 Å². The molecule has 1 heterocycles.